The van der Waals surface area contributed by atoms with E-state index in [-0.39, 0.29) is 17.7 Å². The minimum Gasteiger partial charge on any atom is -0.496 e. The molecule has 0 bridgehead atoms. The number of esters is 1. The molecule has 0 radical (unpaired) electrons. The second-order valence-corrected chi connectivity index (χ2v) is 4.84. The summed E-state index contributed by atoms with van der Waals surface area (Å²) in [6.45, 7) is 1.92. The number of halogens is 1. The first-order chi connectivity index (χ1) is 9.60. The predicted octanol–water partition coefficient (Wildman–Crippen LogP) is 3.32. The molecule has 0 amide bonds. The first-order valence-corrected chi connectivity index (χ1v) is 6.85. The number of nitrogen functional groups attached to an aromatic ring is 1. The Morgan fingerprint density at radius 1 is 1.45 bits per heavy atom. The molecule has 0 atom stereocenters. The van der Waals surface area contributed by atoms with Crippen molar-refractivity contribution in [3.8, 4) is 16.9 Å². The fourth-order valence-electron chi connectivity index (χ4n) is 1.91. The van der Waals surface area contributed by atoms with Crippen LogP contribution in [0.3, 0.4) is 0 Å². The lowest BCUT2D eigenvalue weighted by atomic mass is 10.0. The summed E-state index contributed by atoms with van der Waals surface area (Å²) < 4.78 is 24.2. The summed E-state index contributed by atoms with van der Waals surface area (Å²) in [7, 11) is 1.44. The Balaban J connectivity index is 2.63. The first-order valence-electron chi connectivity index (χ1n) is 5.97. The van der Waals surface area contributed by atoms with Gasteiger partial charge in [0.25, 0.3) is 0 Å². The minimum absolute atomic E-state index is 0.181. The van der Waals surface area contributed by atoms with Crippen LogP contribution in [0.5, 0.6) is 5.75 Å². The number of nitrogens with two attached hydrogens (primary N) is 1. The highest BCUT2D eigenvalue weighted by Gasteiger charge is 2.24. The third kappa shape index (κ3) is 2.46. The molecule has 0 fully saturated rings. The normalized spacial score (nSPS) is 10.3. The van der Waals surface area contributed by atoms with Gasteiger partial charge in [-0.3, -0.25) is 0 Å². The number of carbonyl (C=O) groups excluding carboxylic acids is 1. The first kappa shape index (κ1) is 14.3. The molecule has 2 N–H and O–H groups in total. The number of benzene rings is 1. The van der Waals surface area contributed by atoms with Gasteiger partial charge in [0.1, 0.15) is 22.1 Å². The maximum atomic E-state index is 14.1. The van der Waals surface area contributed by atoms with Crippen molar-refractivity contribution in [1.29, 1.82) is 0 Å². The topological polar surface area (TPSA) is 61.5 Å². The third-order valence-electron chi connectivity index (χ3n) is 2.76. The van der Waals surface area contributed by atoms with Crippen molar-refractivity contribution in [2.24, 2.45) is 0 Å². The maximum Gasteiger partial charge on any atom is 0.341 e. The molecule has 20 heavy (non-hydrogen) atoms. The van der Waals surface area contributed by atoms with Crippen molar-refractivity contribution in [2.45, 2.75) is 6.92 Å². The molecular formula is C14H14FNO3S. The molecule has 106 valence electrons. The van der Waals surface area contributed by atoms with Gasteiger partial charge < -0.3 is 15.2 Å². The van der Waals surface area contributed by atoms with E-state index in [0.29, 0.717) is 16.3 Å². The van der Waals surface area contributed by atoms with Crippen molar-refractivity contribution >= 4 is 22.3 Å². The largest absolute Gasteiger partial charge is 0.496 e. The summed E-state index contributed by atoms with van der Waals surface area (Å²) in [4.78, 5) is 12.0. The Morgan fingerprint density at radius 2 is 2.20 bits per heavy atom. The Labute approximate surface area is 119 Å². The van der Waals surface area contributed by atoms with Gasteiger partial charge in [-0.1, -0.05) is 6.07 Å². The molecule has 0 aliphatic rings. The zero-order valence-corrected chi connectivity index (χ0v) is 11.9. The number of carbonyl (C=O) groups is 1. The van der Waals surface area contributed by atoms with E-state index in [1.165, 1.54) is 19.2 Å². The van der Waals surface area contributed by atoms with Crippen LogP contribution in [0, 0.1) is 5.82 Å². The smallest absolute Gasteiger partial charge is 0.341 e. The molecule has 0 saturated heterocycles. The second kappa shape index (κ2) is 5.92. The van der Waals surface area contributed by atoms with Crippen molar-refractivity contribution in [3.05, 3.63) is 35.0 Å². The number of hydrogen-bond acceptors (Lipinski definition) is 5. The summed E-state index contributed by atoms with van der Waals surface area (Å²) >= 11 is 1.16. The number of anilines is 1. The third-order valence-corrected chi connectivity index (χ3v) is 3.58. The molecule has 0 saturated carbocycles. The van der Waals surface area contributed by atoms with Gasteiger partial charge in [0.05, 0.1) is 19.3 Å². The van der Waals surface area contributed by atoms with E-state index in [1.54, 1.807) is 18.4 Å². The number of rotatable bonds is 4. The highest BCUT2D eigenvalue weighted by Crippen LogP contribution is 2.40. The molecular weight excluding hydrogens is 281 g/mol. The lowest BCUT2D eigenvalue weighted by Gasteiger charge is -2.10. The van der Waals surface area contributed by atoms with Gasteiger partial charge in [0.15, 0.2) is 0 Å². The van der Waals surface area contributed by atoms with Crippen molar-refractivity contribution in [1.82, 2.24) is 0 Å². The van der Waals surface area contributed by atoms with Gasteiger partial charge in [0.2, 0.25) is 0 Å². The van der Waals surface area contributed by atoms with E-state index in [1.807, 2.05) is 0 Å². The second-order valence-electron chi connectivity index (χ2n) is 3.93. The van der Waals surface area contributed by atoms with Gasteiger partial charge >= 0.3 is 5.97 Å². The van der Waals surface area contributed by atoms with Crippen LogP contribution in [-0.4, -0.2) is 19.7 Å². The van der Waals surface area contributed by atoms with Gasteiger partial charge in [0, 0.05) is 10.9 Å². The summed E-state index contributed by atoms with van der Waals surface area (Å²) in [5.74, 6) is -0.701. The summed E-state index contributed by atoms with van der Waals surface area (Å²) in [6.07, 6.45) is 0. The molecule has 2 aromatic rings. The Hall–Kier alpha value is -2.08. The molecule has 0 spiro atoms. The molecule has 4 nitrogen and oxygen atoms in total. The van der Waals surface area contributed by atoms with Crippen LogP contribution in [0.15, 0.2) is 23.6 Å². The molecule has 6 heteroatoms. The van der Waals surface area contributed by atoms with Gasteiger partial charge in [-0.05, 0) is 19.1 Å². The van der Waals surface area contributed by atoms with Crippen molar-refractivity contribution in [3.63, 3.8) is 0 Å². The van der Waals surface area contributed by atoms with Crippen molar-refractivity contribution in [2.75, 3.05) is 19.5 Å². The van der Waals surface area contributed by atoms with E-state index in [9.17, 15) is 9.18 Å². The molecule has 1 aromatic heterocycles. The summed E-state index contributed by atoms with van der Waals surface area (Å²) in [6, 6.07) is 4.47. The monoisotopic (exact) mass is 295 g/mol. The zero-order valence-electron chi connectivity index (χ0n) is 11.1. The number of methoxy groups -OCH3 is 1. The average molecular weight is 295 g/mol. The zero-order chi connectivity index (χ0) is 14.7. The van der Waals surface area contributed by atoms with E-state index < -0.39 is 11.8 Å². The van der Waals surface area contributed by atoms with E-state index in [2.05, 4.69) is 0 Å². The summed E-state index contributed by atoms with van der Waals surface area (Å²) in [5.41, 5.74) is 6.59. The minimum atomic E-state index is -0.563. The quantitative estimate of drug-likeness (QED) is 0.879. The maximum absolute atomic E-state index is 14.1. The molecule has 2 rings (SSSR count). The number of hydrogen-bond donors (Lipinski definition) is 1. The van der Waals surface area contributed by atoms with E-state index >= 15 is 0 Å². The van der Waals surface area contributed by atoms with Crippen LogP contribution in [-0.2, 0) is 4.74 Å². The van der Waals surface area contributed by atoms with E-state index in [4.69, 9.17) is 15.2 Å². The lowest BCUT2D eigenvalue weighted by Crippen LogP contribution is -2.07. The van der Waals surface area contributed by atoms with Crippen molar-refractivity contribution < 1.29 is 18.7 Å². The van der Waals surface area contributed by atoms with Crippen LogP contribution in [0.1, 0.15) is 17.3 Å². The van der Waals surface area contributed by atoms with Crippen LogP contribution in [0.25, 0.3) is 11.1 Å². The molecule has 0 unspecified atom stereocenters. The van der Waals surface area contributed by atoms with Crippen LogP contribution >= 0.6 is 11.3 Å². The van der Waals surface area contributed by atoms with Gasteiger partial charge in [-0.15, -0.1) is 11.3 Å². The highest BCUT2D eigenvalue weighted by atomic mass is 32.1. The standard InChI is InChI=1S/C14H14FNO3S/c1-3-19-14(17)12-8(7-20-13(12)16)11-9(15)5-4-6-10(11)18-2/h4-7H,3,16H2,1-2H3. The number of ether oxygens (including phenoxy) is 2. The molecule has 1 aromatic carbocycles. The Kier molecular flexibility index (Phi) is 4.24. The van der Waals surface area contributed by atoms with Gasteiger partial charge in [-0.2, -0.15) is 0 Å². The van der Waals surface area contributed by atoms with Gasteiger partial charge in [-0.25, -0.2) is 9.18 Å². The predicted molar refractivity (Wildman–Crippen MR) is 76.6 cm³/mol. The van der Waals surface area contributed by atoms with Crippen LogP contribution in [0.2, 0.25) is 0 Å². The van der Waals surface area contributed by atoms with E-state index in [0.717, 1.165) is 11.3 Å². The molecule has 0 aliphatic heterocycles. The number of thiophene rings is 1. The highest BCUT2D eigenvalue weighted by molar-refractivity contribution is 7.15. The SMILES string of the molecule is CCOC(=O)c1c(-c2c(F)cccc2OC)csc1N. The van der Waals surface area contributed by atoms with Crippen LogP contribution < -0.4 is 10.5 Å². The Morgan fingerprint density at radius 3 is 2.85 bits per heavy atom. The Bertz CT molecular complexity index is 639. The summed E-state index contributed by atoms with van der Waals surface area (Å²) in [5, 5.41) is 1.92. The molecule has 1 heterocycles. The molecule has 0 aliphatic carbocycles. The average Bonchev–Trinajstić information content (AvgIpc) is 2.80. The lowest BCUT2D eigenvalue weighted by molar-refractivity contribution is 0.0529. The van der Waals surface area contributed by atoms with Crippen LogP contribution in [0.4, 0.5) is 9.39 Å². The fourth-order valence-corrected chi connectivity index (χ4v) is 2.70. The fraction of sp³-hybridized carbons (Fsp3) is 0.214.